The third kappa shape index (κ3) is 1.66. The minimum Gasteiger partial charge on any atom is -0.503 e. The van der Waals surface area contributed by atoms with Gasteiger partial charge in [0.2, 0.25) is 0 Å². The molecule has 3 heteroatoms. The Hall–Kier alpha value is -0.700. The molecule has 0 atom stereocenters. The molecule has 1 N–H and O–H groups in total. The monoisotopic (exact) mass is 215 g/mol. The maximum atomic E-state index is 9.32. The number of aromatic hydroxyl groups is 1. The predicted molar refractivity (Wildman–Crippen MR) is 46.8 cm³/mol. The predicted octanol–water partition coefficient (Wildman–Crippen LogP) is 2.35. The molecule has 0 saturated heterocycles. The van der Waals surface area contributed by atoms with Crippen LogP contribution in [0.4, 0.5) is 0 Å². The molecule has 1 aromatic rings. The molecule has 1 radical (unpaired) electrons. The lowest BCUT2D eigenvalue weighted by molar-refractivity contribution is 0.372. The lowest BCUT2D eigenvalue weighted by atomic mass is 10.2. The fourth-order valence-corrected chi connectivity index (χ4v) is 1.27. The van der Waals surface area contributed by atoms with E-state index >= 15 is 0 Å². The normalized spacial score (nSPS) is 9.73. The molecule has 1 aromatic carbocycles. The summed E-state index contributed by atoms with van der Waals surface area (Å²) in [4.78, 5) is 0. The Bertz CT molecular complexity index is 271. The Morgan fingerprint density at radius 2 is 2.18 bits per heavy atom. The first kappa shape index (κ1) is 8.40. The van der Waals surface area contributed by atoms with Gasteiger partial charge in [-0.05, 0) is 40.5 Å². The summed E-state index contributed by atoms with van der Waals surface area (Å²) < 4.78 is 5.49. The first-order chi connectivity index (χ1) is 5.15. The molecule has 0 aliphatic rings. The van der Waals surface area contributed by atoms with Gasteiger partial charge in [0.1, 0.15) is 0 Å². The van der Waals surface area contributed by atoms with Crippen molar-refractivity contribution in [2.45, 2.75) is 0 Å². The highest BCUT2D eigenvalue weighted by Gasteiger charge is 2.05. The van der Waals surface area contributed by atoms with Crippen LogP contribution in [-0.4, -0.2) is 12.2 Å². The van der Waals surface area contributed by atoms with Crippen LogP contribution in [0.1, 0.15) is 5.56 Å². The topological polar surface area (TPSA) is 29.5 Å². The molecule has 0 spiro atoms. The van der Waals surface area contributed by atoms with E-state index in [1.807, 2.05) is 0 Å². The van der Waals surface area contributed by atoms with Crippen LogP contribution in [0.5, 0.6) is 11.5 Å². The van der Waals surface area contributed by atoms with Gasteiger partial charge in [0.05, 0.1) is 11.6 Å². The van der Waals surface area contributed by atoms with E-state index in [0.29, 0.717) is 10.2 Å². The molecule has 0 saturated carbocycles. The van der Waals surface area contributed by atoms with E-state index in [2.05, 4.69) is 22.9 Å². The highest BCUT2D eigenvalue weighted by atomic mass is 79.9. The second kappa shape index (κ2) is 3.13. The Labute approximate surface area is 73.9 Å². The number of hydrogen-bond donors (Lipinski definition) is 1. The van der Waals surface area contributed by atoms with Gasteiger partial charge in [-0.1, -0.05) is 0 Å². The molecule has 0 aliphatic carbocycles. The zero-order valence-electron chi connectivity index (χ0n) is 6.10. The standard InChI is InChI=1S/C8H8BrO2/c1-5-3-6(9)8(10)7(4-5)11-2/h3-4,10H,1H2,2H3. The molecule has 0 unspecified atom stereocenters. The minimum absolute atomic E-state index is 0.111. The number of benzene rings is 1. The van der Waals surface area contributed by atoms with Gasteiger partial charge in [0.25, 0.3) is 0 Å². The molecule has 1 rings (SSSR count). The van der Waals surface area contributed by atoms with E-state index in [1.165, 1.54) is 7.11 Å². The van der Waals surface area contributed by atoms with Crippen LogP contribution in [0.15, 0.2) is 16.6 Å². The summed E-state index contributed by atoms with van der Waals surface area (Å²) in [5.41, 5.74) is 0.798. The number of halogens is 1. The van der Waals surface area contributed by atoms with Gasteiger partial charge in [-0.3, -0.25) is 0 Å². The zero-order chi connectivity index (χ0) is 8.43. The summed E-state index contributed by atoms with van der Waals surface area (Å²) in [6.07, 6.45) is 0. The largest absolute Gasteiger partial charge is 0.503 e. The molecule has 0 fully saturated rings. The molecule has 2 nitrogen and oxygen atoms in total. The Kier molecular flexibility index (Phi) is 2.39. The number of rotatable bonds is 1. The van der Waals surface area contributed by atoms with E-state index in [9.17, 15) is 5.11 Å². The van der Waals surface area contributed by atoms with Crippen molar-refractivity contribution in [2.24, 2.45) is 0 Å². The maximum Gasteiger partial charge on any atom is 0.172 e. The van der Waals surface area contributed by atoms with Gasteiger partial charge < -0.3 is 9.84 Å². The van der Waals surface area contributed by atoms with E-state index in [-0.39, 0.29) is 5.75 Å². The van der Waals surface area contributed by atoms with Gasteiger partial charge in [0, 0.05) is 0 Å². The summed E-state index contributed by atoms with van der Waals surface area (Å²) in [5.74, 6) is 0.546. The summed E-state index contributed by atoms with van der Waals surface area (Å²) in [5, 5.41) is 9.32. The van der Waals surface area contributed by atoms with E-state index in [4.69, 9.17) is 4.74 Å². The van der Waals surface area contributed by atoms with Gasteiger partial charge in [-0.25, -0.2) is 0 Å². The van der Waals surface area contributed by atoms with Crippen LogP contribution in [-0.2, 0) is 0 Å². The number of phenols is 1. The van der Waals surface area contributed by atoms with Crippen LogP contribution in [0.3, 0.4) is 0 Å². The van der Waals surface area contributed by atoms with Gasteiger partial charge in [-0.15, -0.1) is 0 Å². The number of hydrogen-bond acceptors (Lipinski definition) is 2. The van der Waals surface area contributed by atoms with Gasteiger partial charge in [-0.2, -0.15) is 0 Å². The first-order valence-corrected chi connectivity index (χ1v) is 3.83. The highest BCUT2D eigenvalue weighted by Crippen LogP contribution is 2.34. The van der Waals surface area contributed by atoms with Crippen LogP contribution in [0, 0.1) is 6.92 Å². The molecule has 11 heavy (non-hydrogen) atoms. The van der Waals surface area contributed by atoms with E-state index in [1.54, 1.807) is 12.1 Å². The Morgan fingerprint density at radius 3 is 2.73 bits per heavy atom. The van der Waals surface area contributed by atoms with Gasteiger partial charge in [0.15, 0.2) is 11.5 Å². The summed E-state index contributed by atoms with van der Waals surface area (Å²) >= 11 is 3.17. The molecule has 0 heterocycles. The number of methoxy groups -OCH3 is 1. The fourth-order valence-electron chi connectivity index (χ4n) is 0.783. The summed E-state index contributed by atoms with van der Waals surface area (Å²) in [7, 11) is 1.50. The number of ether oxygens (including phenoxy) is 1. The smallest absolute Gasteiger partial charge is 0.172 e. The Morgan fingerprint density at radius 1 is 1.55 bits per heavy atom. The first-order valence-electron chi connectivity index (χ1n) is 3.03. The lowest BCUT2D eigenvalue weighted by Crippen LogP contribution is -1.85. The van der Waals surface area contributed by atoms with Crippen molar-refractivity contribution >= 4 is 15.9 Å². The van der Waals surface area contributed by atoms with Crippen molar-refractivity contribution in [3.05, 3.63) is 29.1 Å². The summed E-state index contributed by atoms with van der Waals surface area (Å²) in [6.45, 7) is 3.71. The SMILES string of the molecule is [CH2]c1cc(Br)c(O)c(OC)c1. The second-order valence-electron chi connectivity index (χ2n) is 2.13. The second-order valence-corrected chi connectivity index (χ2v) is 2.98. The molecule has 0 amide bonds. The van der Waals surface area contributed by atoms with Crippen molar-refractivity contribution < 1.29 is 9.84 Å². The Balaban J connectivity index is 3.24. The third-order valence-corrected chi connectivity index (χ3v) is 1.91. The lowest BCUT2D eigenvalue weighted by Gasteiger charge is -2.05. The maximum absolute atomic E-state index is 9.32. The van der Waals surface area contributed by atoms with Crippen molar-refractivity contribution in [3.8, 4) is 11.5 Å². The van der Waals surface area contributed by atoms with Crippen molar-refractivity contribution in [1.29, 1.82) is 0 Å². The van der Waals surface area contributed by atoms with E-state index < -0.39 is 0 Å². The van der Waals surface area contributed by atoms with Crippen LogP contribution in [0.25, 0.3) is 0 Å². The van der Waals surface area contributed by atoms with Crippen molar-refractivity contribution in [2.75, 3.05) is 7.11 Å². The summed E-state index contributed by atoms with van der Waals surface area (Å²) in [6, 6.07) is 3.39. The fraction of sp³-hybridized carbons (Fsp3) is 0.125. The zero-order valence-corrected chi connectivity index (χ0v) is 7.68. The van der Waals surface area contributed by atoms with Crippen molar-refractivity contribution in [1.82, 2.24) is 0 Å². The molecule has 0 aromatic heterocycles. The van der Waals surface area contributed by atoms with Crippen LogP contribution >= 0.6 is 15.9 Å². The third-order valence-electron chi connectivity index (χ3n) is 1.31. The van der Waals surface area contributed by atoms with Crippen LogP contribution in [0.2, 0.25) is 0 Å². The number of phenolic OH excluding ortho intramolecular Hbond substituents is 1. The van der Waals surface area contributed by atoms with Gasteiger partial charge >= 0.3 is 0 Å². The molecular weight excluding hydrogens is 208 g/mol. The molecular formula is C8H8BrO2. The quantitative estimate of drug-likeness (QED) is 0.780. The highest BCUT2D eigenvalue weighted by molar-refractivity contribution is 9.10. The average Bonchev–Trinajstić information content (AvgIpc) is 1.96. The molecule has 59 valence electrons. The molecule has 0 aliphatic heterocycles. The van der Waals surface area contributed by atoms with Crippen molar-refractivity contribution in [3.63, 3.8) is 0 Å². The molecule has 0 bridgehead atoms. The minimum atomic E-state index is 0.111. The van der Waals surface area contributed by atoms with Crippen LogP contribution < -0.4 is 4.74 Å². The average molecular weight is 216 g/mol. The van der Waals surface area contributed by atoms with E-state index in [0.717, 1.165) is 5.56 Å².